The predicted molar refractivity (Wildman–Crippen MR) is 110 cm³/mol. The Hall–Kier alpha value is -2.64. The van der Waals surface area contributed by atoms with Crippen molar-refractivity contribution in [2.24, 2.45) is 0 Å². The zero-order chi connectivity index (χ0) is 19.5. The number of nitrogens with zero attached hydrogens (tertiary/aromatic N) is 2. The van der Waals surface area contributed by atoms with Crippen molar-refractivity contribution in [3.05, 3.63) is 53.0 Å². The van der Waals surface area contributed by atoms with Gasteiger partial charge in [-0.3, -0.25) is 9.69 Å². The van der Waals surface area contributed by atoms with Gasteiger partial charge in [0.1, 0.15) is 18.2 Å². The Labute approximate surface area is 168 Å². The number of benzene rings is 2. The summed E-state index contributed by atoms with van der Waals surface area (Å²) in [6.07, 6.45) is 0. The van der Waals surface area contributed by atoms with E-state index in [-0.39, 0.29) is 11.9 Å². The number of para-hydroxylation sites is 1. The first-order valence-corrected chi connectivity index (χ1v) is 10.1. The van der Waals surface area contributed by atoms with E-state index in [0.717, 1.165) is 27.6 Å². The molecule has 2 heterocycles. The monoisotopic (exact) mass is 397 g/mol. The van der Waals surface area contributed by atoms with E-state index in [0.29, 0.717) is 26.3 Å². The van der Waals surface area contributed by atoms with Crippen LogP contribution in [0.15, 0.2) is 42.5 Å². The molecule has 0 saturated heterocycles. The Morgan fingerprint density at radius 3 is 2.82 bits per heavy atom. The molecule has 146 valence electrons. The lowest BCUT2D eigenvalue weighted by Gasteiger charge is -2.22. The van der Waals surface area contributed by atoms with Crippen LogP contribution >= 0.6 is 11.3 Å². The van der Waals surface area contributed by atoms with Crippen molar-refractivity contribution in [1.29, 1.82) is 0 Å². The smallest absolute Gasteiger partial charge is 0.234 e. The standard InChI is InChI=1S/C21H23N3O3S/c1-14(15-7-8-17-18(11-15)27-10-9-26-17)22-20(25)12-24(2)13-21-23-16-5-3-4-6-19(16)28-21/h3-8,11,14H,9-10,12-13H2,1-2H3,(H,22,25)/t14-/m0/s1. The number of carbonyl (C=O) groups excluding carboxylic acids is 1. The number of nitrogens with one attached hydrogen (secondary N) is 1. The third-order valence-electron chi connectivity index (χ3n) is 4.60. The van der Waals surface area contributed by atoms with Gasteiger partial charge < -0.3 is 14.8 Å². The fraction of sp³-hybridized carbons (Fsp3) is 0.333. The van der Waals surface area contributed by atoms with Crippen LogP contribution in [-0.2, 0) is 11.3 Å². The Bertz CT molecular complexity index is 955. The van der Waals surface area contributed by atoms with Crippen LogP contribution in [-0.4, -0.2) is 42.6 Å². The molecule has 1 aliphatic heterocycles. The van der Waals surface area contributed by atoms with E-state index in [9.17, 15) is 4.79 Å². The SMILES string of the molecule is C[C@H](NC(=O)CN(C)Cc1nc2ccccc2s1)c1ccc2c(c1)OCCO2. The highest BCUT2D eigenvalue weighted by Crippen LogP contribution is 2.32. The molecular weight excluding hydrogens is 374 g/mol. The van der Waals surface area contributed by atoms with E-state index in [1.807, 2.05) is 55.3 Å². The molecule has 6 nitrogen and oxygen atoms in total. The number of fused-ring (bicyclic) bond motifs is 2. The Kier molecular flexibility index (Phi) is 5.45. The summed E-state index contributed by atoms with van der Waals surface area (Å²) >= 11 is 1.67. The molecule has 4 rings (SSSR count). The Balaban J connectivity index is 1.33. The minimum Gasteiger partial charge on any atom is -0.486 e. The second-order valence-corrected chi connectivity index (χ2v) is 8.06. The fourth-order valence-electron chi connectivity index (χ4n) is 3.22. The molecule has 28 heavy (non-hydrogen) atoms. The molecule has 7 heteroatoms. The molecule has 0 aliphatic carbocycles. The largest absolute Gasteiger partial charge is 0.486 e. The molecule has 0 bridgehead atoms. The summed E-state index contributed by atoms with van der Waals surface area (Å²) in [7, 11) is 1.93. The summed E-state index contributed by atoms with van der Waals surface area (Å²) < 4.78 is 12.3. The molecule has 1 amide bonds. The molecule has 0 radical (unpaired) electrons. The van der Waals surface area contributed by atoms with Gasteiger partial charge in [0, 0.05) is 0 Å². The predicted octanol–water partition coefficient (Wildman–Crippen LogP) is 3.38. The van der Waals surface area contributed by atoms with Crippen LogP contribution in [0.3, 0.4) is 0 Å². The van der Waals surface area contributed by atoms with Crippen LogP contribution < -0.4 is 14.8 Å². The van der Waals surface area contributed by atoms with Gasteiger partial charge in [0.2, 0.25) is 5.91 Å². The molecule has 0 fully saturated rings. The average molecular weight is 398 g/mol. The summed E-state index contributed by atoms with van der Waals surface area (Å²) in [4.78, 5) is 19.1. The first-order valence-electron chi connectivity index (χ1n) is 9.30. The van der Waals surface area contributed by atoms with Gasteiger partial charge in [-0.05, 0) is 43.8 Å². The van der Waals surface area contributed by atoms with E-state index < -0.39 is 0 Å². The van der Waals surface area contributed by atoms with Crippen LogP contribution in [0.2, 0.25) is 0 Å². The first-order chi connectivity index (χ1) is 13.6. The maximum absolute atomic E-state index is 12.5. The van der Waals surface area contributed by atoms with E-state index in [1.165, 1.54) is 4.70 Å². The number of rotatable bonds is 6. The van der Waals surface area contributed by atoms with Gasteiger partial charge in [0.15, 0.2) is 11.5 Å². The van der Waals surface area contributed by atoms with Gasteiger partial charge in [-0.15, -0.1) is 11.3 Å². The quantitative estimate of drug-likeness (QED) is 0.691. The van der Waals surface area contributed by atoms with Gasteiger partial charge in [0.25, 0.3) is 0 Å². The second kappa shape index (κ2) is 8.16. The third-order valence-corrected chi connectivity index (χ3v) is 5.62. The summed E-state index contributed by atoms with van der Waals surface area (Å²) in [5.41, 5.74) is 2.00. The van der Waals surface area contributed by atoms with Crippen molar-refractivity contribution in [1.82, 2.24) is 15.2 Å². The molecule has 1 aromatic heterocycles. The lowest BCUT2D eigenvalue weighted by molar-refractivity contribution is -0.122. The topological polar surface area (TPSA) is 63.7 Å². The van der Waals surface area contributed by atoms with Crippen molar-refractivity contribution in [3.8, 4) is 11.5 Å². The van der Waals surface area contributed by atoms with Crippen molar-refractivity contribution in [2.45, 2.75) is 19.5 Å². The van der Waals surface area contributed by atoms with Crippen molar-refractivity contribution in [2.75, 3.05) is 26.8 Å². The molecule has 3 aromatic rings. The lowest BCUT2D eigenvalue weighted by Crippen LogP contribution is -2.36. The highest BCUT2D eigenvalue weighted by Gasteiger charge is 2.17. The van der Waals surface area contributed by atoms with E-state index in [1.54, 1.807) is 11.3 Å². The second-order valence-electron chi connectivity index (χ2n) is 6.94. The maximum atomic E-state index is 12.5. The molecule has 2 aromatic carbocycles. The number of carbonyl (C=O) groups is 1. The van der Waals surface area contributed by atoms with Crippen molar-refractivity contribution >= 4 is 27.5 Å². The molecular formula is C21H23N3O3S. The summed E-state index contributed by atoms with van der Waals surface area (Å²) in [5.74, 6) is 1.47. The average Bonchev–Trinajstić information content (AvgIpc) is 3.09. The number of likely N-dealkylation sites (N-methyl/N-ethyl adjacent to an activating group) is 1. The van der Waals surface area contributed by atoms with Crippen LogP contribution in [0, 0.1) is 0 Å². The lowest BCUT2D eigenvalue weighted by atomic mass is 10.1. The summed E-state index contributed by atoms with van der Waals surface area (Å²) in [6.45, 7) is 4.04. The minimum absolute atomic E-state index is 0.0222. The molecule has 1 N–H and O–H groups in total. The van der Waals surface area contributed by atoms with Crippen LogP contribution in [0.1, 0.15) is 23.5 Å². The number of aromatic nitrogens is 1. The fourth-order valence-corrected chi connectivity index (χ4v) is 4.27. The molecule has 1 aliphatic rings. The van der Waals surface area contributed by atoms with E-state index in [2.05, 4.69) is 16.4 Å². The van der Waals surface area contributed by atoms with Gasteiger partial charge in [-0.1, -0.05) is 18.2 Å². The van der Waals surface area contributed by atoms with E-state index in [4.69, 9.17) is 9.47 Å². The number of ether oxygens (including phenoxy) is 2. The normalized spacial score (nSPS) is 14.2. The molecule has 0 unspecified atom stereocenters. The van der Waals surface area contributed by atoms with Crippen molar-refractivity contribution in [3.63, 3.8) is 0 Å². The van der Waals surface area contributed by atoms with Crippen LogP contribution in [0.5, 0.6) is 11.5 Å². The molecule has 0 saturated carbocycles. The number of amides is 1. The molecule has 0 spiro atoms. The maximum Gasteiger partial charge on any atom is 0.234 e. The zero-order valence-corrected chi connectivity index (χ0v) is 16.8. The van der Waals surface area contributed by atoms with Gasteiger partial charge in [0.05, 0.1) is 29.3 Å². The van der Waals surface area contributed by atoms with E-state index >= 15 is 0 Å². The van der Waals surface area contributed by atoms with Crippen LogP contribution in [0.25, 0.3) is 10.2 Å². The van der Waals surface area contributed by atoms with Gasteiger partial charge in [-0.25, -0.2) is 4.98 Å². The van der Waals surface area contributed by atoms with Gasteiger partial charge in [-0.2, -0.15) is 0 Å². The third kappa shape index (κ3) is 4.26. The number of hydrogen-bond acceptors (Lipinski definition) is 6. The van der Waals surface area contributed by atoms with Crippen LogP contribution in [0.4, 0.5) is 0 Å². The van der Waals surface area contributed by atoms with Crippen molar-refractivity contribution < 1.29 is 14.3 Å². The summed E-state index contributed by atoms with van der Waals surface area (Å²) in [5, 5.41) is 4.06. The first kappa shape index (κ1) is 18.7. The number of thiazole rings is 1. The number of hydrogen-bond donors (Lipinski definition) is 1. The highest BCUT2D eigenvalue weighted by molar-refractivity contribution is 7.18. The Morgan fingerprint density at radius 2 is 2.00 bits per heavy atom. The summed E-state index contributed by atoms with van der Waals surface area (Å²) in [6, 6.07) is 13.8. The Morgan fingerprint density at radius 1 is 1.21 bits per heavy atom. The van der Waals surface area contributed by atoms with Gasteiger partial charge >= 0.3 is 0 Å². The minimum atomic E-state index is -0.112. The molecule has 1 atom stereocenters. The zero-order valence-electron chi connectivity index (χ0n) is 16.0. The highest BCUT2D eigenvalue weighted by atomic mass is 32.1.